The molecule has 2 unspecified atom stereocenters. The van der Waals surface area contributed by atoms with Gasteiger partial charge in [0.05, 0.1) is 7.11 Å². The van der Waals surface area contributed by atoms with Gasteiger partial charge in [-0.15, -0.1) is 0 Å². The molecule has 2 aromatic heterocycles. The monoisotopic (exact) mass is 610 g/mol. The molecule has 0 amide bonds. The first-order valence-electron chi connectivity index (χ1n) is 14.9. The van der Waals surface area contributed by atoms with Crippen molar-refractivity contribution in [2.45, 2.75) is 50.5 Å². The molecule has 0 radical (unpaired) electrons. The summed E-state index contributed by atoms with van der Waals surface area (Å²) >= 11 is 0. The first-order valence-corrected chi connectivity index (χ1v) is 14.9. The van der Waals surface area contributed by atoms with Crippen LogP contribution in [0.4, 0.5) is 5.69 Å². The lowest BCUT2D eigenvalue weighted by atomic mass is 9.72. The minimum absolute atomic E-state index is 0.00845. The molecule has 6 heterocycles. The number of nitrogens with zero attached hydrogens (tertiary/aromatic N) is 3. The number of hydrogen-bond acceptors (Lipinski definition) is 12. The molecule has 1 spiro atoms. The molecule has 0 aliphatic carbocycles. The Morgan fingerprint density at radius 2 is 2.00 bits per heavy atom. The summed E-state index contributed by atoms with van der Waals surface area (Å²) in [5.41, 5.74) is 2.81. The van der Waals surface area contributed by atoms with Crippen molar-refractivity contribution in [1.29, 1.82) is 0 Å². The van der Waals surface area contributed by atoms with Crippen molar-refractivity contribution in [3.63, 3.8) is 0 Å². The minimum atomic E-state index is -1.09. The number of rotatable bonds is 6. The predicted molar refractivity (Wildman–Crippen MR) is 158 cm³/mol. The number of aliphatic hydroxyl groups is 1. The Labute approximate surface area is 257 Å². The molecule has 0 saturated carbocycles. The van der Waals surface area contributed by atoms with Crippen LogP contribution in [-0.2, 0) is 26.1 Å². The number of fused-ring (bicyclic) bond motifs is 6. The molecule has 0 saturated heterocycles. The van der Waals surface area contributed by atoms with Crippen LogP contribution in [0.15, 0.2) is 62.6 Å². The highest BCUT2D eigenvalue weighted by Crippen LogP contribution is 2.59. The van der Waals surface area contributed by atoms with Crippen molar-refractivity contribution in [2.24, 2.45) is 16.8 Å². The molecule has 4 aromatic rings. The molecule has 5 atom stereocenters. The number of ether oxygens (including phenoxy) is 3. The number of Topliss-reactive ketones (excluding diaryl/α,β-unsaturated/α-hetero) is 1. The number of esters is 1. The fourth-order valence-corrected chi connectivity index (χ4v) is 6.83. The van der Waals surface area contributed by atoms with Crippen LogP contribution in [0.1, 0.15) is 65.1 Å². The van der Waals surface area contributed by atoms with Gasteiger partial charge in [0, 0.05) is 23.6 Å². The quantitative estimate of drug-likeness (QED) is 0.301. The molecular weight excluding hydrogens is 580 g/mol. The number of methoxy groups -OCH3 is 1. The number of aliphatic hydroxyl groups excluding tert-OH is 1. The number of aliphatic imine (C=N–C) groups is 1. The third kappa shape index (κ3) is 4.04. The fraction of sp³-hybridized carbons (Fsp3) is 0.364. The molecule has 4 aliphatic rings. The average molecular weight is 611 g/mol. The molecular formula is C33H30N4O8. The SMILES string of the molecule is COC(=O)c1coc(-c2nc3oc2[C@@]24c5ccccc5NC2Oc2ccc(cc24)C[C@H](CC(=O)[C@@H](O)C(C)C)C2=NC3CO2)n1. The Balaban J connectivity index is 1.36. The van der Waals surface area contributed by atoms with Gasteiger partial charge in [0.15, 0.2) is 41.1 Å². The van der Waals surface area contributed by atoms with E-state index in [-0.39, 0.29) is 42.2 Å². The third-order valence-electron chi connectivity index (χ3n) is 9.05. The second-order valence-corrected chi connectivity index (χ2v) is 12.1. The van der Waals surface area contributed by atoms with E-state index in [4.69, 9.17) is 33.0 Å². The Kier molecular flexibility index (Phi) is 6.14. The zero-order chi connectivity index (χ0) is 31.0. The number of benzene rings is 2. The molecule has 230 valence electrons. The summed E-state index contributed by atoms with van der Waals surface area (Å²) in [5, 5.41) is 14.1. The zero-order valence-electron chi connectivity index (χ0n) is 24.8. The van der Waals surface area contributed by atoms with Crippen molar-refractivity contribution in [1.82, 2.24) is 9.97 Å². The lowest BCUT2D eigenvalue weighted by Gasteiger charge is -2.27. The van der Waals surface area contributed by atoms with Gasteiger partial charge < -0.3 is 33.5 Å². The second kappa shape index (κ2) is 10.0. The maximum absolute atomic E-state index is 13.1. The van der Waals surface area contributed by atoms with Gasteiger partial charge in [0.2, 0.25) is 11.8 Å². The maximum atomic E-state index is 13.1. The van der Waals surface area contributed by atoms with Crippen LogP contribution in [0.3, 0.4) is 0 Å². The molecule has 2 aromatic carbocycles. The summed E-state index contributed by atoms with van der Waals surface area (Å²) in [6, 6.07) is 13.2. The highest BCUT2D eigenvalue weighted by atomic mass is 16.5. The zero-order valence-corrected chi connectivity index (χ0v) is 24.8. The van der Waals surface area contributed by atoms with Crippen LogP contribution in [0.25, 0.3) is 11.6 Å². The Morgan fingerprint density at radius 1 is 1.16 bits per heavy atom. The summed E-state index contributed by atoms with van der Waals surface area (Å²) in [4.78, 5) is 39.6. The van der Waals surface area contributed by atoms with Crippen LogP contribution >= 0.6 is 0 Å². The van der Waals surface area contributed by atoms with Gasteiger partial charge in [0.25, 0.3) is 0 Å². The van der Waals surface area contributed by atoms with E-state index in [0.29, 0.717) is 29.5 Å². The number of carbonyl (C=O) groups excluding carboxylic acids is 2. The third-order valence-corrected chi connectivity index (χ3v) is 9.05. The van der Waals surface area contributed by atoms with Crippen molar-refractivity contribution in [2.75, 3.05) is 19.0 Å². The lowest BCUT2D eigenvalue weighted by Crippen LogP contribution is -2.40. The van der Waals surface area contributed by atoms with E-state index in [2.05, 4.69) is 16.4 Å². The van der Waals surface area contributed by atoms with E-state index in [9.17, 15) is 14.7 Å². The van der Waals surface area contributed by atoms with Gasteiger partial charge in [-0.1, -0.05) is 44.2 Å². The van der Waals surface area contributed by atoms with Crippen molar-refractivity contribution >= 4 is 23.3 Å². The predicted octanol–water partition coefficient (Wildman–Crippen LogP) is 4.21. The van der Waals surface area contributed by atoms with E-state index < -0.39 is 35.7 Å². The number of anilines is 1. The first-order chi connectivity index (χ1) is 21.8. The molecule has 12 nitrogen and oxygen atoms in total. The number of para-hydroxylation sites is 1. The number of hydrogen-bond donors (Lipinski definition) is 2. The van der Waals surface area contributed by atoms with Gasteiger partial charge in [-0.2, -0.15) is 0 Å². The molecule has 6 bridgehead atoms. The molecule has 8 rings (SSSR count). The van der Waals surface area contributed by atoms with Crippen LogP contribution in [0.2, 0.25) is 0 Å². The topological polar surface area (TPSA) is 159 Å². The normalized spacial score (nSPS) is 24.3. The standard InChI is InChI=1S/C33H30N4O8/c1-15(2)26(39)23(38)12-17-10-16-8-9-24-19(11-16)33(18-6-4-5-7-20(18)36-32(33)44-24)27-25(30-35-22(14-43-30)31(40)41-3)37-29(45-27)21-13-42-28(17)34-21/h4-9,11,14-15,17,21,26,32,36,39H,10,12-13H2,1-3H3/t17-,21?,26+,32?,33+/m1/s1. The van der Waals surface area contributed by atoms with Crippen molar-refractivity contribution in [3.05, 3.63) is 82.8 Å². The maximum Gasteiger partial charge on any atom is 0.360 e. The second-order valence-electron chi connectivity index (χ2n) is 12.1. The number of carbonyl (C=O) groups is 2. The summed E-state index contributed by atoms with van der Waals surface area (Å²) in [6.07, 6.45) is 0.0474. The van der Waals surface area contributed by atoms with Crippen LogP contribution in [0.5, 0.6) is 5.75 Å². The summed E-state index contributed by atoms with van der Waals surface area (Å²) in [5.74, 6) is 0.287. The highest BCUT2D eigenvalue weighted by Gasteiger charge is 2.61. The summed E-state index contributed by atoms with van der Waals surface area (Å²) in [6.45, 7) is 3.77. The summed E-state index contributed by atoms with van der Waals surface area (Å²) < 4.78 is 30.0. The number of ketones is 1. The van der Waals surface area contributed by atoms with Gasteiger partial charge >= 0.3 is 5.97 Å². The molecule has 12 heteroatoms. The fourth-order valence-electron chi connectivity index (χ4n) is 6.83. The molecule has 0 fully saturated rings. The van der Waals surface area contributed by atoms with E-state index in [1.807, 2.05) is 50.2 Å². The van der Waals surface area contributed by atoms with Gasteiger partial charge in [-0.05, 0) is 35.6 Å². The Morgan fingerprint density at radius 3 is 2.82 bits per heavy atom. The lowest BCUT2D eigenvalue weighted by molar-refractivity contribution is -0.129. The number of nitrogens with one attached hydrogen (secondary N) is 1. The Bertz CT molecular complexity index is 1890. The summed E-state index contributed by atoms with van der Waals surface area (Å²) in [7, 11) is 1.27. The van der Waals surface area contributed by atoms with Crippen LogP contribution in [0, 0.1) is 11.8 Å². The molecule has 2 N–H and O–H groups in total. The Hall–Kier alpha value is -4.97. The first kappa shape index (κ1) is 27.6. The smallest absolute Gasteiger partial charge is 0.360 e. The average Bonchev–Trinajstić information content (AvgIpc) is 3.86. The number of oxazole rings is 2. The van der Waals surface area contributed by atoms with Crippen LogP contribution in [-0.4, -0.2) is 58.8 Å². The van der Waals surface area contributed by atoms with E-state index in [1.54, 1.807) is 0 Å². The van der Waals surface area contributed by atoms with Gasteiger partial charge in [0.1, 0.15) is 30.1 Å². The van der Waals surface area contributed by atoms with E-state index in [1.165, 1.54) is 13.4 Å². The van der Waals surface area contributed by atoms with Gasteiger partial charge in [-0.25, -0.2) is 19.8 Å². The molecule has 4 aliphatic heterocycles. The molecule has 45 heavy (non-hydrogen) atoms. The van der Waals surface area contributed by atoms with E-state index >= 15 is 0 Å². The minimum Gasteiger partial charge on any atom is -0.478 e. The van der Waals surface area contributed by atoms with Crippen LogP contribution < -0.4 is 10.1 Å². The highest BCUT2D eigenvalue weighted by molar-refractivity contribution is 5.90. The van der Waals surface area contributed by atoms with E-state index in [0.717, 1.165) is 22.4 Å². The number of aromatic nitrogens is 2. The van der Waals surface area contributed by atoms with Crippen molar-refractivity contribution in [3.8, 4) is 17.3 Å². The van der Waals surface area contributed by atoms with Gasteiger partial charge in [-0.3, -0.25) is 4.79 Å². The van der Waals surface area contributed by atoms with Crippen molar-refractivity contribution < 1.29 is 37.7 Å². The largest absolute Gasteiger partial charge is 0.478 e.